The number of halogens is 1. The zero-order valence-corrected chi connectivity index (χ0v) is 26.2. The molecule has 12 heteroatoms. The smallest absolute Gasteiger partial charge is 0.404 e. The number of carboxylic acid groups (broad SMARTS) is 1. The summed E-state index contributed by atoms with van der Waals surface area (Å²) in [6.45, 7) is 11.7. The minimum Gasteiger partial charge on any atom is -0.465 e. The van der Waals surface area contributed by atoms with Crippen LogP contribution in [0.25, 0.3) is 0 Å². The van der Waals surface area contributed by atoms with E-state index >= 15 is 0 Å². The van der Waals surface area contributed by atoms with E-state index in [0.717, 1.165) is 52.0 Å². The minimum atomic E-state index is -0.928. The van der Waals surface area contributed by atoms with Crippen molar-refractivity contribution in [2.24, 2.45) is 17.3 Å². The second kappa shape index (κ2) is 14.0. The van der Waals surface area contributed by atoms with Gasteiger partial charge in [-0.15, -0.1) is 10.2 Å². The molecule has 1 saturated carbocycles. The van der Waals surface area contributed by atoms with Gasteiger partial charge in [0.25, 0.3) is 11.8 Å². The molecule has 5 rings (SSSR count). The van der Waals surface area contributed by atoms with E-state index in [-0.39, 0.29) is 29.1 Å². The number of carbonyl (C=O) groups excluding carboxylic acids is 1. The van der Waals surface area contributed by atoms with Crippen LogP contribution in [-0.2, 0) is 0 Å². The zero-order chi connectivity index (χ0) is 31.3. The molecule has 2 amide bonds. The first-order valence-corrected chi connectivity index (χ1v) is 16.1. The van der Waals surface area contributed by atoms with Gasteiger partial charge in [-0.1, -0.05) is 0 Å². The summed E-state index contributed by atoms with van der Waals surface area (Å²) in [5.41, 5.74) is 0.561. The number of carbonyl (C=O) groups is 2. The number of likely N-dealkylation sites (tertiary alicyclic amines) is 1. The predicted molar refractivity (Wildman–Crippen MR) is 165 cm³/mol. The molecule has 1 aromatic carbocycles. The molecule has 1 aromatic heterocycles. The largest absolute Gasteiger partial charge is 0.465 e. The third-order valence-electron chi connectivity index (χ3n) is 9.90. The Kier molecular flexibility index (Phi) is 10.2. The van der Waals surface area contributed by atoms with E-state index in [2.05, 4.69) is 30.3 Å². The van der Waals surface area contributed by atoms with E-state index in [4.69, 9.17) is 9.84 Å². The molecule has 1 spiro atoms. The maximum Gasteiger partial charge on any atom is 0.404 e. The van der Waals surface area contributed by atoms with Crippen LogP contribution in [0.1, 0.15) is 76.1 Å². The van der Waals surface area contributed by atoms with Crippen molar-refractivity contribution < 1.29 is 23.8 Å². The quantitative estimate of drug-likeness (QED) is 0.380. The highest BCUT2D eigenvalue weighted by molar-refractivity contribution is 5.97. The molecule has 2 N–H and O–H groups in total. The van der Waals surface area contributed by atoms with Crippen LogP contribution in [0.15, 0.2) is 24.5 Å². The van der Waals surface area contributed by atoms with Gasteiger partial charge >= 0.3 is 6.09 Å². The van der Waals surface area contributed by atoms with Crippen molar-refractivity contribution in [1.82, 2.24) is 30.3 Å². The molecule has 44 heavy (non-hydrogen) atoms. The standard InChI is InChI=1S/C32H46FN7O4/c1-4-40(22(2)3)30(41)26-17-25(33)5-6-27(26)44-29-28(35-21-36-37-29)39-14-9-24(20-39)19-38-15-12-32(13-16-38)10-7-23(8-11-32)18-34-31(42)43/h5-6,17,21-24,34H,4,7-16,18-20H2,1-3H3,(H,42,43)/t24-/m0/s1. The van der Waals surface area contributed by atoms with Crippen LogP contribution in [0, 0.1) is 23.1 Å². The van der Waals surface area contributed by atoms with Crippen LogP contribution in [0.4, 0.5) is 15.0 Å². The summed E-state index contributed by atoms with van der Waals surface area (Å²) >= 11 is 0. The first-order valence-electron chi connectivity index (χ1n) is 16.1. The average Bonchev–Trinajstić information content (AvgIpc) is 3.47. The van der Waals surface area contributed by atoms with Crippen molar-refractivity contribution in [1.29, 1.82) is 0 Å². The predicted octanol–water partition coefficient (Wildman–Crippen LogP) is 5.04. The van der Waals surface area contributed by atoms with Crippen LogP contribution in [0.3, 0.4) is 0 Å². The van der Waals surface area contributed by atoms with E-state index in [9.17, 15) is 14.0 Å². The van der Waals surface area contributed by atoms with E-state index in [0.29, 0.717) is 36.2 Å². The molecular formula is C32H46FN7O4. The van der Waals surface area contributed by atoms with Crippen molar-refractivity contribution in [3.63, 3.8) is 0 Å². The Morgan fingerprint density at radius 1 is 1.14 bits per heavy atom. The topological polar surface area (TPSA) is 124 Å². The summed E-state index contributed by atoms with van der Waals surface area (Å²) in [5, 5.41) is 19.6. The monoisotopic (exact) mass is 611 g/mol. The lowest BCUT2D eigenvalue weighted by Crippen LogP contribution is -2.44. The molecule has 2 aliphatic heterocycles. The lowest BCUT2D eigenvalue weighted by molar-refractivity contribution is 0.0468. The van der Waals surface area contributed by atoms with Gasteiger partial charge in [0.2, 0.25) is 0 Å². The summed E-state index contributed by atoms with van der Waals surface area (Å²) in [4.78, 5) is 35.1. The normalized spacial score (nSPS) is 20.7. The lowest BCUT2D eigenvalue weighted by Gasteiger charge is -2.46. The molecule has 1 aliphatic carbocycles. The summed E-state index contributed by atoms with van der Waals surface area (Å²) in [6, 6.07) is 3.90. The van der Waals surface area contributed by atoms with Crippen LogP contribution >= 0.6 is 0 Å². The van der Waals surface area contributed by atoms with E-state index < -0.39 is 11.9 Å². The number of nitrogens with zero attached hydrogens (tertiary/aromatic N) is 6. The fourth-order valence-electron chi connectivity index (χ4n) is 7.28. The number of nitrogens with one attached hydrogen (secondary N) is 1. The minimum absolute atomic E-state index is 0.0488. The molecular weight excluding hydrogens is 565 g/mol. The molecule has 1 atom stereocenters. The molecule has 11 nitrogen and oxygen atoms in total. The molecule has 2 aromatic rings. The zero-order valence-electron chi connectivity index (χ0n) is 26.2. The highest BCUT2D eigenvalue weighted by Crippen LogP contribution is 2.46. The van der Waals surface area contributed by atoms with Gasteiger partial charge in [-0.2, -0.15) is 0 Å². The molecule has 3 heterocycles. The summed E-state index contributed by atoms with van der Waals surface area (Å²) < 4.78 is 20.4. The number of rotatable bonds is 10. The number of hydrogen-bond donors (Lipinski definition) is 2. The number of benzene rings is 1. The van der Waals surface area contributed by atoms with Gasteiger partial charge in [-0.25, -0.2) is 14.2 Å². The molecule has 240 valence electrons. The average molecular weight is 612 g/mol. The fourth-order valence-corrected chi connectivity index (χ4v) is 7.28. The first kappa shape index (κ1) is 31.9. The number of piperidine rings is 1. The van der Waals surface area contributed by atoms with Gasteiger partial charge in [-0.3, -0.25) is 4.79 Å². The van der Waals surface area contributed by atoms with Crippen molar-refractivity contribution in [2.75, 3.05) is 50.7 Å². The second-order valence-corrected chi connectivity index (χ2v) is 13.0. The van der Waals surface area contributed by atoms with Crippen LogP contribution in [-0.4, -0.2) is 93.9 Å². The Labute approximate surface area is 259 Å². The highest BCUT2D eigenvalue weighted by Gasteiger charge is 2.39. The van der Waals surface area contributed by atoms with Gasteiger partial charge in [-0.05, 0) is 114 Å². The summed E-state index contributed by atoms with van der Waals surface area (Å²) in [5.74, 6) is 1.14. The molecule has 0 bridgehead atoms. The van der Waals surface area contributed by atoms with E-state index in [1.807, 2.05) is 20.8 Å². The number of hydrogen-bond acceptors (Lipinski definition) is 8. The molecule has 2 saturated heterocycles. The van der Waals surface area contributed by atoms with Gasteiger partial charge in [0.1, 0.15) is 17.9 Å². The van der Waals surface area contributed by atoms with Crippen LogP contribution < -0.4 is 15.0 Å². The van der Waals surface area contributed by atoms with Crippen molar-refractivity contribution in [3.05, 3.63) is 35.9 Å². The fraction of sp³-hybridized carbons (Fsp3) is 0.656. The van der Waals surface area contributed by atoms with Crippen molar-refractivity contribution in [3.8, 4) is 11.6 Å². The number of anilines is 1. The Morgan fingerprint density at radius 2 is 1.89 bits per heavy atom. The van der Waals surface area contributed by atoms with Crippen molar-refractivity contribution in [2.45, 2.75) is 71.8 Å². The van der Waals surface area contributed by atoms with E-state index in [1.54, 1.807) is 4.90 Å². The molecule has 3 fully saturated rings. The molecule has 0 radical (unpaired) electrons. The van der Waals surface area contributed by atoms with Gasteiger partial charge in [0, 0.05) is 38.8 Å². The van der Waals surface area contributed by atoms with E-state index in [1.165, 1.54) is 50.2 Å². The Morgan fingerprint density at radius 3 is 2.57 bits per heavy atom. The van der Waals surface area contributed by atoms with Gasteiger partial charge < -0.3 is 29.9 Å². The van der Waals surface area contributed by atoms with Crippen molar-refractivity contribution >= 4 is 17.8 Å². The Hall–Kier alpha value is -3.54. The van der Waals surface area contributed by atoms with Gasteiger partial charge in [0.15, 0.2) is 5.82 Å². The Bertz CT molecular complexity index is 1290. The number of amides is 2. The SMILES string of the molecule is CCN(C(=O)c1cc(F)ccc1Oc1nncnc1N1CC[C@@H](CN2CCC3(CCC(CNC(=O)O)CC3)CC2)C1)C(C)C. The lowest BCUT2D eigenvalue weighted by atomic mass is 9.65. The number of ether oxygens (including phenoxy) is 1. The molecule has 3 aliphatic rings. The maximum absolute atomic E-state index is 14.2. The molecule has 0 unspecified atom stereocenters. The van der Waals surface area contributed by atoms with Crippen LogP contribution in [0.5, 0.6) is 11.6 Å². The second-order valence-electron chi connectivity index (χ2n) is 13.0. The maximum atomic E-state index is 14.2. The van der Waals surface area contributed by atoms with Crippen LogP contribution in [0.2, 0.25) is 0 Å². The highest BCUT2D eigenvalue weighted by atomic mass is 19.1. The summed E-state index contributed by atoms with van der Waals surface area (Å²) in [7, 11) is 0. The third kappa shape index (κ3) is 7.57. The van der Waals surface area contributed by atoms with Gasteiger partial charge in [0.05, 0.1) is 5.56 Å². The Balaban J connectivity index is 1.17. The number of aromatic nitrogens is 3. The first-order chi connectivity index (χ1) is 21.2. The third-order valence-corrected chi connectivity index (χ3v) is 9.90. The summed E-state index contributed by atoms with van der Waals surface area (Å²) in [6.07, 6.45) is 8.54.